The maximum atomic E-state index is 11.2. The summed E-state index contributed by atoms with van der Waals surface area (Å²) >= 11 is 0. The summed E-state index contributed by atoms with van der Waals surface area (Å²) in [5.74, 6) is 0. The molecule has 0 radical (unpaired) electrons. The Morgan fingerprint density at radius 1 is 1.43 bits per heavy atom. The van der Waals surface area contributed by atoms with Crippen molar-refractivity contribution in [2.75, 3.05) is 7.11 Å². The van der Waals surface area contributed by atoms with E-state index >= 15 is 0 Å². The summed E-state index contributed by atoms with van der Waals surface area (Å²) in [6.45, 7) is 0. The summed E-state index contributed by atoms with van der Waals surface area (Å²) in [6, 6.07) is 8.04. The molecule has 1 aromatic carbocycles. The highest BCUT2D eigenvalue weighted by molar-refractivity contribution is 5.68. The summed E-state index contributed by atoms with van der Waals surface area (Å²) in [5.41, 5.74) is 1.60. The van der Waals surface area contributed by atoms with Crippen LogP contribution in [0.2, 0.25) is 0 Å². The van der Waals surface area contributed by atoms with Crippen molar-refractivity contribution in [3.05, 3.63) is 35.4 Å². The van der Waals surface area contributed by atoms with E-state index in [2.05, 4.69) is 6.07 Å². The normalized spacial score (nSPS) is 25.5. The topological polar surface area (TPSA) is 26.3 Å². The number of rotatable bonds is 2. The maximum absolute atomic E-state index is 11.2. The van der Waals surface area contributed by atoms with E-state index in [4.69, 9.17) is 4.74 Å². The number of hydrogen-bond donors (Lipinski definition) is 0. The van der Waals surface area contributed by atoms with Crippen LogP contribution in [0.25, 0.3) is 0 Å². The Hall–Kier alpha value is -1.15. The minimum absolute atomic E-state index is 0.686. The molecule has 0 fully saturated rings. The zero-order chi connectivity index (χ0) is 10.0. The lowest BCUT2D eigenvalue weighted by Gasteiger charge is -2.33. The monoisotopic (exact) mass is 190 g/mol. The first kappa shape index (κ1) is 9.41. The van der Waals surface area contributed by atoms with Crippen molar-refractivity contribution in [1.29, 1.82) is 0 Å². The number of methoxy groups -OCH3 is 1. The van der Waals surface area contributed by atoms with Gasteiger partial charge in [-0.05, 0) is 30.4 Å². The van der Waals surface area contributed by atoms with Gasteiger partial charge in [0.1, 0.15) is 5.60 Å². The van der Waals surface area contributed by atoms with Crippen LogP contribution in [-0.2, 0) is 21.6 Å². The fourth-order valence-corrected chi connectivity index (χ4v) is 2.21. The van der Waals surface area contributed by atoms with Gasteiger partial charge in [0.2, 0.25) is 0 Å². The first-order valence-electron chi connectivity index (χ1n) is 4.92. The first-order valence-corrected chi connectivity index (χ1v) is 4.92. The van der Waals surface area contributed by atoms with Gasteiger partial charge in [-0.15, -0.1) is 0 Å². The zero-order valence-corrected chi connectivity index (χ0v) is 8.32. The number of carbonyl (C=O) groups excluding carboxylic acids is 1. The van der Waals surface area contributed by atoms with Gasteiger partial charge >= 0.3 is 0 Å². The third-order valence-corrected chi connectivity index (χ3v) is 3.02. The lowest BCUT2D eigenvalue weighted by molar-refractivity contribution is -0.130. The lowest BCUT2D eigenvalue weighted by Crippen LogP contribution is -2.34. The second-order valence-electron chi connectivity index (χ2n) is 3.72. The second kappa shape index (κ2) is 3.54. The predicted octanol–water partition coefficient (Wildman–Crippen LogP) is 2.06. The molecule has 2 heteroatoms. The van der Waals surface area contributed by atoms with Gasteiger partial charge in [-0.2, -0.15) is 0 Å². The van der Waals surface area contributed by atoms with Gasteiger partial charge in [-0.25, -0.2) is 0 Å². The van der Waals surface area contributed by atoms with Crippen LogP contribution in [0.4, 0.5) is 0 Å². The van der Waals surface area contributed by atoms with Crippen molar-refractivity contribution in [2.45, 2.75) is 24.9 Å². The fraction of sp³-hybridized carbons (Fsp3) is 0.417. The van der Waals surface area contributed by atoms with E-state index in [9.17, 15) is 4.79 Å². The average Bonchev–Trinajstić information content (AvgIpc) is 2.28. The molecule has 0 saturated heterocycles. The number of aryl methyl sites for hydroxylation is 1. The molecule has 0 bridgehead atoms. The van der Waals surface area contributed by atoms with E-state index in [-0.39, 0.29) is 0 Å². The summed E-state index contributed by atoms with van der Waals surface area (Å²) in [6.07, 6.45) is 3.80. The van der Waals surface area contributed by atoms with Gasteiger partial charge < -0.3 is 4.74 Å². The van der Waals surface area contributed by atoms with Gasteiger partial charge in [0.05, 0.1) is 0 Å². The SMILES string of the molecule is COC1(C=O)CCCc2ccccc21. The van der Waals surface area contributed by atoms with Crippen LogP contribution in [0, 0.1) is 0 Å². The quantitative estimate of drug-likeness (QED) is 0.667. The van der Waals surface area contributed by atoms with Crippen molar-refractivity contribution in [3.8, 4) is 0 Å². The largest absolute Gasteiger partial charge is 0.366 e. The van der Waals surface area contributed by atoms with E-state index < -0.39 is 5.60 Å². The number of carbonyl (C=O) groups is 1. The van der Waals surface area contributed by atoms with Crippen LogP contribution < -0.4 is 0 Å². The number of hydrogen-bond acceptors (Lipinski definition) is 2. The van der Waals surface area contributed by atoms with Crippen LogP contribution in [-0.4, -0.2) is 13.4 Å². The van der Waals surface area contributed by atoms with E-state index in [1.165, 1.54) is 5.56 Å². The molecule has 1 aromatic rings. The number of fused-ring (bicyclic) bond motifs is 1. The second-order valence-corrected chi connectivity index (χ2v) is 3.72. The molecule has 2 rings (SSSR count). The fourth-order valence-electron chi connectivity index (χ4n) is 2.21. The molecule has 0 aliphatic heterocycles. The van der Waals surface area contributed by atoms with Crippen molar-refractivity contribution >= 4 is 6.29 Å². The third kappa shape index (κ3) is 1.26. The molecular formula is C12H14O2. The maximum Gasteiger partial charge on any atom is 0.156 e. The Balaban J connectivity index is 2.53. The van der Waals surface area contributed by atoms with E-state index in [1.807, 2.05) is 18.2 Å². The van der Waals surface area contributed by atoms with Gasteiger partial charge in [0.25, 0.3) is 0 Å². The van der Waals surface area contributed by atoms with Crippen LogP contribution in [0.3, 0.4) is 0 Å². The molecule has 2 nitrogen and oxygen atoms in total. The summed E-state index contributed by atoms with van der Waals surface area (Å²) in [4.78, 5) is 11.2. The lowest BCUT2D eigenvalue weighted by atomic mass is 9.80. The standard InChI is InChI=1S/C12H14O2/c1-14-12(9-13)8-4-6-10-5-2-3-7-11(10)12/h2-3,5,7,9H,4,6,8H2,1H3. The molecule has 14 heavy (non-hydrogen) atoms. The summed E-state index contributed by atoms with van der Waals surface area (Å²) in [7, 11) is 1.61. The molecule has 1 aliphatic carbocycles. The first-order chi connectivity index (χ1) is 6.82. The van der Waals surface area contributed by atoms with E-state index in [0.717, 1.165) is 31.1 Å². The third-order valence-electron chi connectivity index (χ3n) is 3.02. The Morgan fingerprint density at radius 3 is 2.93 bits per heavy atom. The molecule has 74 valence electrons. The van der Waals surface area contributed by atoms with E-state index in [0.29, 0.717) is 0 Å². The number of ether oxygens (including phenoxy) is 1. The molecule has 0 saturated carbocycles. The van der Waals surface area contributed by atoms with Crippen LogP contribution in [0.15, 0.2) is 24.3 Å². The predicted molar refractivity (Wildman–Crippen MR) is 54.1 cm³/mol. The van der Waals surface area contributed by atoms with Gasteiger partial charge in [-0.1, -0.05) is 24.3 Å². The minimum Gasteiger partial charge on any atom is -0.366 e. The Morgan fingerprint density at radius 2 is 2.21 bits per heavy atom. The number of aldehydes is 1. The molecule has 0 spiro atoms. The molecule has 1 unspecified atom stereocenters. The molecule has 1 aliphatic rings. The van der Waals surface area contributed by atoms with Crippen LogP contribution in [0.1, 0.15) is 24.0 Å². The average molecular weight is 190 g/mol. The highest BCUT2D eigenvalue weighted by Gasteiger charge is 2.35. The van der Waals surface area contributed by atoms with Crippen molar-refractivity contribution in [3.63, 3.8) is 0 Å². The Bertz CT molecular complexity index is 346. The smallest absolute Gasteiger partial charge is 0.156 e. The molecular weight excluding hydrogens is 176 g/mol. The summed E-state index contributed by atoms with van der Waals surface area (Å²) < 4.78 is 5.39. The molecule has 0 aromatic heterocycles. The Labute approximate surface area is 83.9 Å². The molecule has 1 atom stereocenters. The highest BCUT2D eigenvalue weighted by Crippen LogP contribution is 2.36. The van der Waals surface area contributed by atoms with Gasteiger partial charge in [0, 0.05) is 7.11 Å². The van der Waals surface area contributed by atoms with Gasteiger partial charge in [0.15, 0.2) is 6.29 Å². The molecule has 0 heterocycles. The summed E-state index contributed by atoms with van der Waals surface area (Å²) in [5, 5.41) is 0. The highest BCUT2D eigenvalue weighted by atomic mass is 16.5. The van der Waals surface area contributed by atoms with Crippen molar-refractivity contribution in [1.82, 2.24) is 0 Å². The van der Waals surface area contributed by atoms with E-state index in [1.54, 1.807) is 7.11 Å². The van der Waals surface area contributed by atoms with Crippen LogP contribution in [0.5, 0.6) is 0 Å². The molecule has 0 N–H and O–H groups in total. The van der Waals surface area contributed by atoms with Gasteiger partial charge in [-0.3, -0.25) is 4.79 Å². The number of benzene rings is 1. The zero-order valence-electron chi connectivity index (χ0n) is 8.32. The molecule has 0 amide bonds. The van der Waals surface area contributed by atoms with Crippen molar-refractivity contribution < 1.29 is 9.53 Å². The van der Waals surface area contributed by atoms with Crippen molar-refractivity contribution in [2.24, 2.45) is 0 Å². The minimum atomic E-state index is -0.686. The Kier molecular flexibility index (Phi) is 2.38. The van der Waals surface area contributed by atoms with Crippen LogP contribution >= 0.6 is 0 Å².